The molecule has 0 bridgehead atoms. The molecule has 0 spiro atoms. The molecule has 0 amide bonds. The van der Waals surface area contributed by atoms with E-state index in [0.29, 0.717) is 6.42 Å². The zero-order valence-electron chi connectivity index (χ0n) is 5.75. The molecular weight excluding hydrogens is 224 g/mol. The Kier molecular flexibility index (Phi) is 3.06. The number of rotatable bonds is 2. The van der Waals surface area contributed by atoms with Gasteiger partial charge in [0, 0.05) is 9.35 Å². The van der Waals surface area contributed by atoms with E-state index in [0.717, 1.165) is 9.35 Å². The van der Waals surface area contributed by atoms with Crippen LogP contribution in [0.25, 0.3) is 0 Å². The van der Waals surface area contributed by atoms with Crippen molar-refractivity contribution < 1.29 is 0 Å². The van der Waals surface area contributed by atoms with E-state index in [1.54, 1.807) is 11.3 Å². The lowest BCUT2D eigenvalue weighted by molar-refractivity contribution is 0.761. The van der Waals surface area contributed by atoms with Crippen LogP contribution in [0.1, 0.15) is 17.3 Å². The summed E-state index contributed by atoms with van der Waals surface area (Å²) >= 11 is 4.93. The molecule has 1 aromatic rings. The van der Waals surface area contributed by atoms with Crippen molar-refractivity contribution in [1.82, 2.24) is 0 Å². The molecule has 0 saturated carbocycles. The highest BCUT2D eigenvalue weighted by Gasteiger charge is 2.09. The molecule has 1 atom stereocenters. The largest absolute Gasteiger partial charge is 0.322 e. The molecule has 0 aliphatic heterocycles. The molecule has 0 saturated heterocycles. The van der Waals surface area contributed by atoms with Crippen LogP contribution in [-0.4, -0.2) is 0 Å². The van der Waals surface area contributed by atoms with Crippen LogP contribution in [0.4, 0.5) is 0 Å². The van der Waals surface area contributed by atoms with Crippen LogP contribution in [0.2, 0.25) is 0 Å². The number of thiophene rings is 1. The highest BCUT2D eigenvalue weighted by molar-refractivity contribution is 9.10. The van der Waals surface area contributed by atoms with Crippen LogP contribution in [0.5, 0.6) is 0 Å². The normalized spacial score (nSPS) is 12.5. The molecule has 2 nitrogen and oxygen atoms in total. The van der Waals surface area contributed by atoms with Crippen molar-refractivity contribution in [3.63, 3.8) is 0 Å². The Labute approximate surface area is 77.8 Å². The van der Waals surface area contributed by atoms with Gasteiger partial charge in [0.05, 0.1) is 18.5 Å². The molecule has 4 heteroatoms. The van der Waals surface area contributed by atoms with Crippen molar-refractivity contribution >= 4 is 27.3 Å². The van der Waals surface area contributed by atoms with E-state index in [4.69, 9.17) is 11.0 Å². The number of hydrogen-bond donors (Lipinski definition) is 1. The van der Waals surface area contributed by atoms with Gasteiger partial charge in [0.25, 0.3) is 0 Å². The van der Waals surface area contributed by atoms with Gasteiger partial charge in [-0.05, 0) is 27.4 Å². The van der Waals surface area contributed by atoms with Crippen LogP contribution < -0.4 is 5.73 Å². The third-order valence-corrected chi connectivity index (χ3v) is 3.30. The molecule has 1 unspecified atom stereocenters. The third-order valence-electron chi connectivity index (χ3n) is 1.29. The highest BCUT2D eigenvalue weighted by atomic mass is 79.9. The van der Waals surface area contributed by atoms with Crippen LogP contribution in [-0.2, 0) is 0 Å². The first kappa shape index (κ1) is 8.72. The summed E-state index contributed by atoms with van der Waals surface area (Å²) in [6.07, 6.45) is 0.374. The number of nitrogens with zero attached hydrogens (tertiary/aromatic N) is 1. The molecule has 11 heavy (non-hydrogen) atoms. The molecule has 1 aromatic heterocycles. The first-order valence-corrected chi connectivity index (χ1v) is 4.78. The van der Waals surface area contributed by atoms with Gasteiger partial charge in [0.15, 0.2) is 0 Å². The summed E-state index contributed by atoms with van der Waals surface area (Å²) in [6.45, 7) is 0. The lowest BCUT2D eigenvalue weighted by Gasteiger charge is -2.03. The maximum absolute atomic E-state index is 8.39. The van der Waals surface area contributed by atoms with Crippen LogP contribution in [0, 0.1) is 11.3 Å². The first-order valence-electron chi connectivity index (χ1n) is 3.11. The average Bonchev–Trinajstić information content (AvgIpc) is 2.36. The summed E-state index contributed by atoms with van der Waals surface area (Å²) in [6, 6.07) is 3.84. The topological polar surface area (TPSA) is 49.8 Å². The molecule has 1 rings (SSSR count). The van der Waals surface area contributed by atoms with Crippen molar-refractivity contribution in [1.29, 1.82) is 5.26 Å². The second kappa shape index (κ2) is 3.86. The minimum absolute atomic E-state index is 0.144. The van der Waals surface area contributed by atoms with Crippen molar-refractivity contribution in [2.45, 2.75) is 12.5 Å². The van der Waals surface area contributed by atoms with Gasteiger partial charge in [-0.2, -0.15) is 5.26 Å². The third kappa shape index (κ3) is 2.03. The standard InChI is InChI=1S/C7H7BrN2S/c8-5-2-4-11-7(5)6(10)1-3-9/h2,4,6H,1,10H2. The maximum Gasteiger partial charge on any atom is 0.0642 e. The number of halogens is 1. The van der Waals surface area contributed by atoms with E-state index in [1.807, 2.05) is 17.5 Å². The Morgan fingerprint density at radius 3 is 3.00 bits per heavy atom. The van der Waals surface area contributed by atoms with Crippen molar-refractivity contribution in [3.05, 3.63) is 20.8 Å². The summed E-state index contributed by atoms with van der Waals surface area (Å²) in [7, 11) is 0. The monoisotopic (exact) mass is 230 g/mol. The predicted molar refractivity (Wildman–Crippen MR) is 49.2 cm³/mol. The van der Waals surface area contributed by atoms with Crippen molar-refractivity contribution in [2.75, 3.05) is 0 Å². The quantitative estimate of drug-likeness (QED) is 0.849. The minimum Gasteiger partial charge on any atom is -0.322 e. The fourth-order valence-corrected chi connectivity index (χ4v) is 2.43. The van der Waals surface area contributed by atoms with Crippen molar-refractivity contribution in [2.24, 2.45) is 5.73 Å². The van der Waals surface area contributed by atoms with Gasteiger partial charge >= 0.3 is 0 Å². The fraction of sp³-hybridized carbons (Fsp3) is 0.286. The summed E-state index contributed by atoms with van der Waals surface area (Å²) < 4.78 is 1.00. The molecule has 0 aliphatic rings. The summed E-state index contributed by atoms with van der Waals surface area (Å²) in [5.74, 6) is 0. The van der Waals surface area contributed by atoms with E-state index in [-0.39, 0.29) is 6.04 Å². The molecule has 0 aliphatic carbocycles. The summed E-state index contributed by atoms with van der Waals surface area (Å²) in [4.78, 5) is 1.05. The summed E-state index contributed by atoms with van der Waals surface area (Å²) in [5, 5.41) is 10.3. The minimum atomic E-state index is -0.144. The molecule has 1 heterocycles. The Bertz CT molecular complexity index is 276. The Balaban J connectivity index is 2.77. The van der Waals surface area contributed by atoms with Gasteiger partial charge in [-0.15, -0.1) is 11.3 Å². The van der Waals surface area contributed by atoms with E-state index in [9.17, 15) is 0 Å². The average molecular weight is 231 g/mol. The molecular formula is C7H7BrN2S. The van der Waals surface area contributed by atoms with Crippen molar-refractivity contribution in [3.8, 4) is 6.07 Å². The SMILES string of the molecule is N#CCC(N)c1sccc1Br. The van der Waals surface area contributed by atoms with Gasteiger partial charge in [0.2, 0.25) is 0 Å². The van der Waals surface area contributed by atoms with Gasteiger partial charge in [-0.25, -0.2) is 0 Å². The van der Waals surface area contributed by atoms with Crippen LogP contribution in [0.3, 0.4) is 0 Å². The second-order valence-corrected chi connectivity index (χ2v) is 3.90. The van der Waals surface area contributed by atoms with E-state index < -0.39 is 0 Å². The second-order valence-electron chi connectivity index (χ2n) is 2.10. The van der Waals surface area contributed by atoms with E-state index >= 15 is 0 Å². The van der Waals surface area contributed by atoms with Gasteiger partial charge in [-0.1, -0.05) is 0 Å². The van der Waals surface area contributed by atoms with Crippen LogP contribution in [0.15, 0.2) is 15.9 Å². The predicted octanol–water partition coefficient (Wildman–Crippen LogP) is 2.42. The molecule has 0 aromatic carbocycles. The molecule has 58 valence electrons. The van der Waals surface area contributed by atoms with Gasteiger partial charge < -0.3 is 5.73 Å². The van der Waals surface area contributed by atoms with Gasteiger partial charge in [0.1, 0.15) is 0 Å². The molecule has 2 N–H and O–H groups in total. The number of nitriles is 1. The van der Waals surface area contributed by atoms with Gasteiger partial charge in [-0.3, -0.25) is 0 Å². The molecule has 0 fully saturated rings. The Hall–Kier alpha value is -0.370. The first-order chi connectivity index (χ1) is 5.25. The zero-order valence-corrected chi connectivity index (χ0v) is 8.15. The zero-order chi connectivity index (χ0) is 8.27. The summed E-state index contributed by atoms with van der Waals surface area (Å²) in [5.41, 5.74) is 5.71. The lowest BCUT2D eigenvalue weighted by Crippen LogP contribution is -2.07. The lowest BCUT2D eigenvalue weighted by atomic mass is 10.2. The molecule has 0 radical (unpaired) electrons. The number of nitrogens with two attached hydrogens (primary N) is 1. The van der Waals surface area contributed by atoms with E-state index in [2.05, 4.69) is 15.9 Å². The maximum atomic E-state index is 8.39. The smallest absolute Gasteiger partial charge is 0.0642 e. The highest BCUT2D eigenvalue weighted by Crippen LogP contribution is 2.28. The fourth-order valence-electron chi connectivity index (χ4n) is 0.761. The van der Waals surface area contributed by atoms with Crippen LogP contribution >= 0.6 is 27.3 Å². The Morgan fingerprint density at radius 1 is 1.82 bits per heavy atom. The Morgan fingerprint density at radius 2 is 2.55 bits per heavy atom. The van der Waals surface area contributed by atoms with E-state index in [1.165, 1.54) is 0 Å². The number of hydrogen-bond acceptors (Lipinski definition) is 3.